The minimum atomic E-state index is -1.16. The summed E-state index contributed by atoms with van der Waals surface area (Å²) in [6.45, 7) is 1.70. The molecule has 1 amide bonds. The molecule has 1 aromatic heterocycles. The molecule has 0 saturated carbocycles. The van der Waals surface area contributed by atoms with Crippen LogP contribution in [0.3, 0.4) is 0 Å². The van der Waals surface area contributed by atoms with E-state index in [1.807, 2.05) is 30.3 Å². The van der Waals surface area contributed by atoms with Gasteiger partial charge in [0.25, 0.3) is 5.91 Å². The minimum Gasteiger partial charge on any atom is -0.478 e. The van der Waals surface area contributed by atoms with Gasteiger partial charge in [0, 0.05) is 28.4 Å². The predicted molar refractivity (Wildman–Crippen MR) is 118 cm³/mol. The fourth-order valence-electron chi connectivity index (χ4n) is 3.47. The maximum Gasteiger partial charge on any atom is 0.337 e. The SMILES string of the molecule is Cc1cc(Cl)cc(C(=O)O)c1NC(=O)c1cccc(-c2cccc3cnccc23)c1. The molecule has 0 atom stereocenters. The molecule has 0 radical (unpaired) electrons. The fourth-order valence-corrected chi connectivity index (χ4v) is 3.74. The van der Waals surface area contributed by atoms with Crippen molar-refractivity contribution in [3.8, 4) is 11.1 Å². The standard InChI is InChI=1S/C24H17ClN2O3/c1-14-10-18(25)12-21(24(29)30)22(14)27-23(28)16-5-2-4-15(11-16)19-7-3-6-17-13-26-9-8-20(17)19/h2-13H,1H3,(H,27,28)(H,29,30). The normalized spacial score (nSPS) is 10.7. The number of aromatic nitrogens is 1. The number of hydrogen-bond acceptors (Lipinski definition) is 3. The van der Waals surface area contributed by atoms with Gasteiger partial charge in [-0.25, -0.2) is 4.79 Å². The largest absolute Gasteiger partial charge is 0.478 e. The molecule has 3 aromatic carbocycles. The highest BCUT2D eigenvalue weighted by Gasteiger charge is 2.17. The Hall–Kier alpha value is -3.70. The summed E-state index contributed by atoms with van der Waals surface area (Å²) in [4.78, 5) is 28.7. The van der Waals surface area contributed by atoms with Crippen molar-refractivity contribution in [2.75, 3.05) is 5.32 Å². The Kier molecular flexibility index (Phi) is 5.21. The molecule has 148 valence electrons. The first-order valence-electron chi connectivity index (χ1n) is 9.22. The van der Waals surface area contributed by atoms with E-state index in [0.717, 1.165) is 21.9 Å². The quantitative estimate of drug-likeness (QED) is 0.439. The van der Waals surface area contributed by atoms with Crippen molar-refractivity contribution in [1.29, 1.82) is 0 Å². The highest BCUT2D eigenvalue weighted by molar-refractivity contribution is 6.31. The fraction of sp³-hybridized carbons (Fsp3) is 0.0417. The molecule has 0 aliphatic rings. The third-order valence-electron chi connectivity index (χ3n) is 4.89. The zero-order chi connectivity index (χ0) is 21.3. The number of carboxylic acid groups (broad SMARTS) is 1. The van der Waals surface area contributed by atoms with Crippen molar-refractivity contribution in [1.82, 2.24) is 4.98 Å². The molecular weight excluding hydrogens is 400 g/mol. The van der Waals surface area contributed by atoms with Crippen LogP contribution in [0.1, 0.15) is 26.3 Å². The number of fused-ring (bicyclic) bond motifs is 1. The van der Waals surface area contributed by atoms with Crippen LogP contribution in [0.25, 0.3) is 21.9 Å². The molecule has 0 aliphatic carbocycles. The van der Waals surface area contributed by atoms with Crippen LogP contribution in [0.4, 0.5) is 5.69 Å². The number of aryl methyl sites for hydroxylation is 1. The molecule has 0 aliphatic heterocycles. The van der Waals surface area contributed by atoms with E-state index >= 15 is 0 Å². The number of amides is 1. The number of halogens is 1. The van der Waals surface area contributed by atoms with E-state index < -0.39 is 11.9 Å². The lowest BCUT2D eigenvalue weighted by molar-refractivity contribution is 0.0698. The number of pyridine rings is 1. The first-order valence-corrected chi connectivity index (χ1v) is 9.60. The van der Waals surface area contributed by atoms with Crippen LogP contribution in [0, 0.1) is 6.92 Å². The van der Waals surface area contributed by atoms with Crippen LogP contribution in [-0.2, 0) is 0 Å². The van der Waals surface area contributed by atoms with Crippen LogP contribution in [0.15, 0.2) is 73.1 Å². The maximum atomic E-state index is 12.9. The molecule has 1 heterocycles. The number of benzene rings is 3. The Balaban J connectivity index is 1.72. The van der Waals surface area contributed by atoms with Gasteiger partial charge in [-0.1, -0.05) is 41.9 Å². The number of aromatic carboxylic acids is 1. The van der Waals surface area contributed by atoms with Crippen LogP contribution < -0.4 is 5.32 Å². The molecule has 0 saturated heterocycles. The van der Waals surface area contributed by atoms with Gasteiger partial charge < -0.3 is 10.4 Å². The Morgan fingerprint density at radius 2 is 1.83 bits per heavy atom. The van der Waals surface area contributed by atoms with Crippen LogP contribution in [0.5, 0.6) is 0 Å². The monoisotopic (exact) mass is 416 g/mol. The lowest BCUT2D eigenvalue weighted by Crippen LogP contribution is -2.16. The summed E-state index contributed by atoms with van der Waals surface area (Å²) in [6, 6.07) is 18.0. The number of nitrogens with one attached hydrogen (secondary N) is 1. The zero-order valence-electron chi connectivity index (χ0n) is 16.0. The van der Waals surface area contributed by atoms with Gasteiger partial charge in [0.1, 0.15) is 0 Å². The summed E-state index contributed by atoms with van der Waals surface area (Å²) in [5.74, 6) is -1.55. The highest BCUT2D eigenvalue weighted by atomic mass is 35.5. The van der Waals surface area contributed by atoms with E-state index in [4.69, 9.17) is 11.6 Å². The van der Waals surface area contributed by atoms with Gasteiger partial charge in [-0.2, -0.15) is 0 Å². The van der Waals surface area contributed by atoms with E-state index in [2.05, 4.69) is 10.3 Å². The summed E-state index contributed by atoms with van der Waals surface area (Å²) in [7, 11) is 0. The third-order valence-corrected chi connectivity index (χ3v) is 5.10. The number of carbonyl (C=O) groups excluding carboxylic acids is 1. The van der Waals surface area contributed by atoms with Gasteiger partial charge in [-0.3, -0.25) is 9.78 Å². The summed E-state index contributed by atoms with van der Waals surface area (Å²) in [5.41, 5.74) is 3.05. The van der Waals surface area contributed by atoms with E-state index in [9.17, 15) is 14.7 Å². The third kappa shape index (κ3) is 3.75. The van der Waals surface area contributed by atoms with Gasteiger partial charge in [-0.05, 0) is 59.3 Å². The van der Waals surface area contributed by atoms with E-state index in [-0.39, 0.29) is 11.3 Å². The summed E-state index contributed by atoms with van der Waals surface area (Å²) >= 11 is 5.98. The van der Waals surface area contributed by atoms with Crippen LogP contribution in [0.2, 0.25) is 5.02 Å². The topological polar surface area (TPSA) is 79.3 Å². The van der Waals surface area contributed by atoms with Crippen molar-refractivity contribution < 1.29 is 14.7 Å². The number of rotatable bonds is 4. The Bertz CT molecular complexity index is 1300. The second kappa shape index (κ2) is 7.97. The number of nitrogens with zero attached hydrogens (tertiary/aromatic N) is 1. The van der Waals surface area contributed by atoms with Crippen molar-refractivity contribution in [2.45, 2.75) is 6.92 Å². The Labute approximate surface area is 178 Å². The minimum absolute atomic E-state index is 0.0499. The van der Waals surface area contributed by atoms with Gasteiger partial charge in [0.05, 0.1) is 11.3 Å². The first kappa shape index (κ1) is 19.6. The summed E-state index contributed by atoms with van der Waals surface area (Å²) < 4.78 is 0. The van der Waals surface area contributed by atoms with E-state index in [0.29, 0.717) is 16.1 Å². The zero-order valence-corrected chi connectivity index (χ0v) is 16.8. The molecule has 6 heteroatoms. The Morgan fingerprint density at radius 3 is 2.63 bits per heavy atom. The summed E-state index contributed by atoms with van der Waals surface area (Å²) in [6.07, 6.45) is 3.53. The highest BCUT2D eigenvalue weighted by Crippen LogP contribution is 2.30. The van der Waals surface area contributed by atoms with E-state index in [1.165, 1.54) is 6.07 Å². The van der Waals surface area contributed by atoms with Gasteiger partial charge >= 0.3 is 5.97 Å². The summed E-state index contributed by atoms with van der Waals surface area (Å²) in [5, 5.41) is 14.5. The molecule has 5 nitrogen and oxygen atoms in total. The number of anilines is 1. The van der Waals surface area contributed by atoms with Crippen LogP contribution >= 0.6 is 11.6 Å². The Morgan fingerprint density at radius 1 is 1.03 bits per heavy atom. The molecule has 4 rings (SSSR count). The lowest BCUT2D eigenvalue weighted by atomic mass is 9.98. The smallest absolute Gasteiger partial charge is 0.337 e. The van der Waals surface area contributed by atoms with Gasteiger partial charge in [0.2, 0.25) is 0 Å². The molecular formula is C24H17ClN2O3. The average molecular weight is 417 g/mol. The molecule has 0 spiro atoms. The van der Waals surface area contributed by atoms with Crippen LogP contribution in [-0.4, -0.2) is 22.0 Å². The lowest BCUT2D eigenvalue weighted by Gasteiger charge is -2.13. The van der Waals surface area contributed by atoms with Crippen molar-refractivity contribution in [3.63, 3.8) is 0 Å². The molecule has 4 aromatic rings. The molecule has 0 fully saturated rings. The van der Waals surface area contributed by atoms with Gasteiger partial charge in [-0.15, -0.1) is 0 Å². The molecule has 0 unspecified atom stereocenters. The van der Waals surface area contributed by atoms with E-state index in [1.54, 1.807) is 43.6 Å². The second-order valence-corrected chi connectivity index (χ2v) is 7.32. The molecule has 0 bridgehead atoms. The number of carbonyl (C=O) groups is 2. The predicted octanol–water partition coefficient (Wildman–Crippen LogP) is 5.81. The first-order chi connectivity index (χ1) is 14.4. The van der Waals surface area contributed by atoms with Crippen molar-refractivity contribution in [2.24, 2.45) is 0 Å². The number of hydrogen-bond donors (Lipinski definition) is 2. The second-order valence-electron chi connectivity index (χ2n) is 6.89. The average Bonchev–Trinajstić information content (AvgIpc) is 2.75. The maximum absolute atomic E-state index is 12.9. The molecule has 30 heavy (non-hydrogen) atoms. The number of carboxylic acids is 1. The van der Waals surface area contributed by atoms with Crippen molar-refractivity contribution >= 4 is 39.9 Å². The van der Waals surface area contributed by atoms with Crippen molar-refractivity contribution in [3.05, 3.63) is 94.8 Å². The van der Waals surface area contributed by atoms with Gasteiger partial charge in [0.15, 0.2) is 0 Å². The molecule has 2 N–H and O–H groups in total.